The Kier molecular flexibility index (Phi) is 4.34. The van der Waals surface area contributed by atoms with Crippen molar-refractivity contribution >= 4 is 29.4 Å². The van der Waals surface area contributed by atoms with Gasteiger partial charge in [0.1, 0.15) is 0 Å². The van der Waals surface area contributed by atoms with Crippen LogP contribution in [-0.4, -0.2) is 20.7 Å². The minimum absolute atomic E-state index is 0.0168. The van der Waals surface area contributed by atoms with E-state index in [1.165, 1.54) is 6.92 Å². The minimum atomic E-state index is -0.196. The van der Waals surface area contributed by atoms with Crippen molar-refractivity contribution in [1.29, 1.82) is 0 Å². The van der Waals surface area contributed by atoms with Gasteiger partial charge in [-0.1, -0.05) is 54.1 Å². The van der Waals surface area contributed by atoms with Crippen LogP contribution < -0.4 is 10.6 Å². The number of hydrogen-bond donors (Lipinski definition) is 2. The lowest BCUT2D eigenvalue weighted by molar-refractivity contribution is -0.114. The number of carbonyl (C=O) groups is 1. The van der Waals surface area contributed by atoms with Gasteiger partial charge in [-0.15, -0.1) is 5.10 Å². The maximum absolute atomic E-state index is 11.4. The van der Waals surface area contributed by atoms with Crippen LogP contribution in [0.25, 0.3) is 0 Å². The normalized spacial score (nSPS) is 18.7. The van der Waals surface area contributed by atoms with E-state index >= 15 is 0 Å². The molecule has 0 radical (unpaired) electrons. The van der Waals surface area contributed by atoms with Crippen molar-refractivity contribution in [2.75, 3.05) is 10.6 Å². The van der Waals surface area contributed by atoms with Gasteiger partial charge in [0.15, 0.2) is 0 Å². The van der Waals surface area contributed by atoms with E-state index in [2.05, 4.69) is 32.8 Å². The molecule has 0 spiro atoms. The molecule has 1 aliphatic rings. The second-order valence-corrected chi connectivity index (χ2v) is 6.73. The largest absolute Gasteiger partial charge is 0.347 e. The molecule has 0 saturated heterocycles. The van der Waals surface area contributed by atoms with Gasteiger partial charge < -0.3 is 5.32 Å². The van der Waals surface area contributed by atoms with E-state index in [0.29, 0.717) is 16.9 Å². The Bertz CT molecular complexity index is 923. The third-order valence-electron chi connectivity index (χ3n) is 4.43. The Morgan fingerprint density at radius 2 is 1.88 bits per heavy atom. The van der Waals surface area contributed by atoms with E-state index in [9.17, 15) is 4.79 Å². The van der Waals surface area contributed by atoms with Crippen LogP contribution in [0, 0.1) is 0 Å². The molecule has 0 fully saturated rings. The van der Waals surface area contributed by atoms with Crippen LogP contribution in [0.4, 0.5) is 11.9 Å². The first kappa shape index (κ1) is 16.6. The number of benzene rings is 2. The summed E-state index contributed by atoms with van der Waals surface area (Å²) in [5.74, 6) is 0.741. The molecular weight excluding hydrogens is 350 g/mol. The van der Waals surface area contributed by atoms with Gasteiger partial charge in [0.2, 0.25) is 11.9 Å². The Morgan fingerprint density at radius 3 is 2.58 bits per heavy atom. The van der Waals surface area contributed by atoms with Gasteiger partial charge in [-0.3, -0.25) is 10.1 Å². The predicted molar refractivity (Wildman–Crippen MR) is 101 cm³/mol. The number of hydrogen-bond acceptors (Lipinski definition) is 4. The Balaban J connectivity index is 1.74. The van der Waals surface area contributed by atoms with Crippen molar-refractivity contribution in [2.45, 2.75) is 25.4 Å². The van der Waals surface area contributed by atoms with Gasteiger partial charge in [-0.2, -0.15) is 4.98 Å². The van der Waals surface area contributed by atoms with Crippen molar-refractivity contribution in [3.63, 3.8) is 0 Å². The van der Waals surface area contributed by atoms with E-state index in [-0.39, 0.29) is 18.0 Å². The third-order valence-corrected chi connectivity index (χ3v) is 4.69. The first-order valence-electron chi connectivity index (χ1n) is 8.41. The maximum Gasteiger partial charge on any atom is 0.250 e. The lowest BCUT2D eigenvalue weighted by Gasteiger charge is -2.31. The number of nitrogens with one attached hydrogen (secondary N) is 2. The highest BCUT2D eigenvalue weighted by molar-refractivity contribution is 6.30. The lowest BCUT2D eigenvalue weighted by atomic mass is 9.93. The van der Waals surface area contributed by atoms with E-state index in [1.807, 2.05) is 47.1 Å². The lowest BCUT2D eigenvalue weighted by Crippen LogP contribution is -2.28. The molecule has 2 N–H and O–H groups in total. The summed E-state index contributed by atoms with van der Waals surface area (Å²) in [4.78, 5) is 15.8. The summed E-state index contributed by atoms with van der Waals surface area (Å²) in [5.41, 5.74) is 2.28. The fourth-order valence-corrected chi connectivity index (χ4v) is 3.38. The summed E-state index contributed by atoms with van der Waals surface area (Å²) < 4.78 is 1.84. The van der Waals surface area contributed by atoms with Crippen molar-refractivity contribution in [1.82, 2.24) is 14.8 Å². The van der Waals surface area contributed by atoms with E-state index in [4.69, 9.17) is 11.6 Å². The fourth-order valence-electron chi connectivity index (χ4n) is 3.25. The standard InChI is InChI=1S/C19H18ClN5O/c1-12(26)21-18-23-19-22-16(13-7-9-15(20)10-8-13)11-17(25(19)24-18)14-5-3-2-4-6-14/h2-10,16-17H,11H2,1H3,(H2,21,22,23,24,26)/t16-,17+/m0/s1. The predicted octanol–water partition coefficient (Wildman–Crippen LogP) is 4.04. The quantitative estimate of drug-likeness (QED) is 0.733. The first-order chi connectivity index (χ1) is 12.6. The second-order valence-electron chi connectivity index (χ2n) is 6.30. The number of halogens is 1. The summed E-state index contributed by atoms with van der Waals surface area (Å²) in [7, 11) is 0. The second kappa shape index (κ2) is 6.80. The van der Waals surface area contributed by atoms with Crippen LogP contribution in [0.2, 0.25) is 5.02 Å². The van der Waals surface area contributed by atoms with Gasteiger partial charge in [-0.05, 0) is 29.7 Å². The zero-order chi connectivity index (χ0) is 18.1. The molecule has 0 aliphatic carbocycles. The minimum Gasteiger partial charge on any atom is -0.347 e. The maximum atomic E-state index is 11.4. The fraction of sp³-hybridized carbons (Fsp3) is 0.211. The summed E-state index contributed by atoms with van der Waals surface area (Å²) in [5, 5.41) is 11.3. The number of anilines is 2. The molecule has 1 amide bonds. The van der Waals surface area contributed by atoms with Gasteiger partial charge >= 0.3 is 0 Å². The van der Waals surface area contributed by atoms with E-state index in [0.717, 1.165) is 17.5 Å². The number of carbonyl (C=O) groups excluding carboxylic acids is 1. The molecule has 1 aromatic heterocycles. The zero-order valence-corrected chi connectivity index (χ0v) is 14.9. The zero-order valence-electron chi connectivity index (χ0n) is 14.2. The summed E-state index contributed by atoms with van der Waals surface area (Å²) in [6.07, 6.45) is 0.807. The Hall–Kier alpha value is -2.86. The molecule has 2 atom stereocenters. The van der Waals surface area contributed by atoms with Crippen molar-refractivity contribution in [3.05, 3.63) is 70.7 Å². The molecule has 6 nitrogen and oxygen atoms in total. The van der Waals surface area contributed by atoms with Crippen molar-refractivity contribution < 1.29 is 4.79 Å². The number of fused-ring (bicyclic) bond motifs is 1. The molecule has 0 bridgehead atoms. The molecule has 132 valence electrons. The highest BCUT2D eigenvalue weighted by atomic mass is 35.5. The summed E-state index contributed by atoms with van der Waals surface area (Å²) in [6, 6.07) is 18.1. The average Bonchev–Trinajstić information content (AvgIpc) is 3.03. The molecule has 3 aromatic rings. The van der Waals surface area contributed by atoms with Gasteiger partial charge in [0, 0.05) is 11.9 Å². The third kappa shape index (κ3) is 3.28. The number of nitrogens with zero attached hydrogens (tertiary/aromatic N) is 3. The van der Waals surface area contributed by atoms with Gasteiger partial charge in [0.05, 0.1) is 12.1 Å². The molecule has 0 saturated carbocycles. The SMILES string of the molecule is CC(=O)Nc1nc2n(n1)[C@@H](c1ccccc1)C[C@@H](c1ccc(Cl)cc1)N2. The van der Waals surface area contributed by atoms with Crippen LogP contribution in [0.1, 0.15) is 36.6 Å². The smallest absolute Gasteiger partial charge is 0.250 e. The number of amides is 1. The van der Waals surface area contributed by atoms with Gasteiger partial charge in [0.25, 0.3) is 5.95 Å². The van der Waals surface area contributed by atoms with Crippen molar-refractivity contribution in [3.8, 4) is 0 Å². The molecular formula is C19H18ClN5O. The number of aromatic nitrogens is 3. The topological polar surface area (TPSA) is 71.8 Å². The molecule has 2 aromatic carbocycles. The average molecular weight is 368 g/mol. The van der Waals surface area contributed by atoms with Crippen LogP contribution in [0.5, 0.6) is 0 Å². The molecule has 4 rings (SSSR count). The van der Waals surface area contributed by atoms with Crippen LogP contribution in [0.3, 0.4) is 0 Å². The Labute approximate surface area is 156 Å². The number of rotatable bonds is 3. The molecule has 0 unspecified atom stereocenters. The summed E-state index contributed by atoms with van der Waals surface area (Å²) >= 11 is 6.02. The van der Waals surface area contributed by atoms with E-state index in [1.54, 1.807) is 0 Å². The molecule has 7 heteroatoms. The highest BCUT2D eigenvalue weighted by Gasteiger charge is 2.31. The van der Waals surface area contributed by atoms with Gasteiger partial charge in [-0.25, -0.2) is 4.68 Å². The monoisotopic (exact) mass is 367 g/mol. The Morgan fingerprint density at radius 1 is 1.15 bits per heavy atom. The molecule has 26 heavy (non-hydrogen) atoms. The summed E-state index contributed by atoms with van der Waals surface area (Å²) in [6.45, 7) is 1.44. The highest BCUT2D eigenvalue weighted by Crippen LogP contribution is 2.38. The van der Waals surface area contributed by atoms with Crippen LogP contribution in [0.15, 0.2) is 54.6 Å². The van der Waals surface area contributed by atoms with Crippen LogP contribution >= 0.6 is 11.6 Å². The molecule has 2 heterocycles. The van der Waals surface area contributed by atoms with E-state index < -0.39 is 0 Å². The first-order valence-corrected chi connectivity index (χ1v) is 8.79. The van der Waals surface area contributed by atoms with Crippen LogP contribution in [-0.2, 0) is 4.79 Å². The van der Waals surface area contributed by atoms with Crippen molar-refractivity contribution in [2.24, 2.45) is 0 Å². The molecule has 1 aliphatic heterocycles.